The van der Waals surface area contributed by atoms with Crippen LogP contribution in [0.2, 0.25) is 5.02 Å². The molecule has 0 aliphatic heterocycles. The highest BCUT2D eigenvalue weighted by Crippen LogP contribution is 2.29. The molecule has 2 radical (unpaired) electrons. The minimum atomic E-state index is 0.517. The standard InChI is InChI=1S/C16H14BClN2/c1-10(2)11-3-5-12(6-4-11)14-7-13(17)9-20-16(14)15(18)8-19-20/h3-10H,1-2H3. The Balaban J connectivity index is 2.20. The number of aromatic nitrogens is 2. The maximum atomic E-state index is 6.24. The fourth-order valence-corrected chi connectivity index (χ4v) is 2.60. The Morgan fingerprint density at radius 3 is 2.55 bits per heavy atom. The van der Waals surface area contributed by atoms with Crippen LogP contribution < -0.4 is 5.46 Å². The molecular weight excluding hydrogens is 266 g/mol. The van der Waals surface area contributed by atoms with E-state index in [2.05, 4.69) is 43.2 Å². The van der Waals surface area contributed by atoms with E-state index in [9.17, 15) is 0 Å². The number of benzene rings is 1. The van der Waals surface area contributed by atoms with Crippen LogP contribution >= 0.6 is 11.6 Å². The molecular formula is C16H14BClN2. The number of halogens is 1. The minimum Gasteiger partial charge on any atom is -0.239 e. The Morgan fingerprint density at radius 1 is 1.20 bits per heavy atom. The number of rotatable bonds is 2. The highest BCUT2D eigenvalue weighted by molar-refractivity contribution is 6.36. The van der Waals surface area contributed by atoms with E-state index in [0.29, 0.717) is 16.4 Å². The summed E-state index contributed by atoms with van der Waals surface area (Å²) >= 11 is 6.24. The van der Waals surface area contributed by atoms with Crippen molar-refractivity contribution in [2.45, 2.75) is 19.8 Å². The van der Waals surface area contributed by atoms with Crippen molar-refractivity contribution in [3.8, 4) is 11.1 Å². The Hall–Kier alpha value is -1.74. The lowest BCUT2D eigenvalue weighted by atomic mass is 9.93. The summed E-state index contributed by atoms with van der Waals surface area (Å²) in [5, 5.41) is 4.85. The van der Waals surface area contributed by atoms with Crippen molar-refractivity contribution in [1.29, 1.82) is 0 Å². The Morgan fingerprint density at radius 2 is 1.90 bits per heavy atom. The molecule has 2 nitrogen and oxygen atoms in total. The van der Waals surface area contributed by atoms with Crippen molar-refractivity contribution < 1.29 is 0 Å². The van der Waals surface area contributed by atoms with Crippen molar-refractivity contribution in [3.63, 3.8) is 0 Å². The lowest BCUT2D eigenvalue weighted by Gasteiger charge is -2.10. The van der Waals surface area contributed by atoms with Gasteiger partial charge in [0.25, 0.3) is 0 Å². The third kappa shape index (κ3) is 2.23. The van der Waals surface area contributed by atoms with Crippen molar-refractivity contribution in [1.82, 2.24) is 9.61 Å². The molecule has 0 aliphatic rings. The largest absolute Gasteiger partial charge is 0.239 e. The molecule has 98 valence electrons. The second-order valence-corrected chi connectivity index (χ2v) is 5.66. The van der Waals surface area contributed by atoms with Crippen LogP contribution in [0.25, 0.3) is 16.6 Å². The van der Waals surface area contributed by atoms with E-state index in [1.54, 1.807) is 16.9 Å². The highest BCUT2D eigenvalue weighted by atomic mass is 35.5. The van der Waals surface area contributed by atoms with Gasteiger partial charge in [-0.25, -0.2) is 4.52 Å². The molecule has 1 aromatic carbocycles. The van der Waals surface area contributed by atoms with Gasteiger partial charge in [-0.05, 0) is 17.0 Å². The second kappa shape index (κ2) is 4.99. The van der Waals surface area contributed by atoms with E-state index >= 15 is 0 Å². The van der Waals surface area contributed by atoms with Crippen LogP contribution in [0.1, 0.15) is 25.3 Å². The van der Waals surface area contributed by atoms with E-state index in [1.807, 2.05) is 6.07 Å². The Bertz CT molecular complexity index is 760. The van der Waals surface area contributed by atoms with Gasteiger partial charge in [-0.1, -0.05) is 61.2 Å². The Labute approximate surface area is 124 Å². The first-order valence-corrected chi connectivity index (χ1v) is 6.97. The summed E-state index contributed by atoms with van der Waals surface area (Å²) in [6, 6.07) is 10.4. The maximum Gasteiger partial charge on any atom is 0.115 e. The normalized spacial score (nSPS) is 11.4. The SMILES string of the molecule is [B]c1cc(-c2ccc(C(C)C)cc2)c2c(Cl)cnn2c1. The van der Waals surface area contributed by atoms with E-state index in [1.165, 1.54) is 5.56 Å². The van der Waals surface area contributed by atoms with Gasteiger partial charge in [0.2, 0.25) is 0 Å². The van der Waals surface area contributed by atoms with Gasteiger partial charge < -0.3 is 0 Å². The number of fused-ring (bicyclic) bond motifs is 1. The summed E-state index contributed by atoms with van der Waals surface area (Å²) in [5.74, 6) is 0.517. The first-order chi connectivity index (χ1) is 9.56. The van der Waals surface area contributed by atoms with Gasteiger partial charge in [0, 0.05) is 11.8 Å². The zero-order chi connectivity index (χ0) is 14.3. The molecule has 20 heavy (non-hydrogen) atoms. The lowest BCUT2D eigenvalue weighted by Crippen LogP contribution is -2.07. The number of nitrogens with zero attached hydrogens (tertiary/aromatic N) is 2. The minimum absolute atomic E-state index is 0.517. The van der Waals surface area contributed by atoms with Crippen LogP contribution in [0.5, 0.6) is 0 Å². The number of hydrogen-bond donors (Lipinski definition) is 0. The summed E-state index contributed by atoms with van der Waals surface area (Å²) in [6.07, 6.45) is 3.41. The zero-order valence-electron chi connectivity index (χ0n) is 11.5. The summed E-state index contributed by atoms with van der Waals surface area (Å²) < 4.78 is 1.73. The predicted molar refractivity (Wildman–Crippen MR) is 85.1 cm³/mol. The van der Waals surface area contributed by atoms with Gasteiger partial charge in [0.05, 0.1) is 16.7 Å². The van der Waals surface area contributed by atoms with Crippen LogP contribution in [0.4, 0.5) is 0 Å². The predicted octanol–water partition coefficient (Wildman–Crippen LogP) is 3.57. The van der Waals surface area contributed by atoms with Crippen LogP contribution in [0, 0.1) is 0 Å². The van der Waals surface area contributed by atoms with Crippen LogP contribution in [0.15, 0.2) is 42.7 Å². The molecule has 0 fully saturated rings. The van der Waals surface area contributed by atoms with Crippen LogP contribution in [0.3, 0.4) is 0 Å². The van der Waals surface area contributed by atoms with Gasteiger partial charge in [-0.15, -0.1) is 0 Å². The molecule has 4 heteroatoms. The monoisotopic (exact) mass is 280 g/mol. The average Bonchev–Trinajstić information content (AvgIpc) is 2.79. The summed E-state index contributed by atoms with van der Waals surface area (Å²) in [6.45, 7) is 4.36. The van der Waals surface area contributed by atoms with Crippen molar-refractivity contribution in [3.05, 3.63) is 53.3 Å². The number of pyridine rings is 1. The first-order valence-electron chi connectivity index (χ1n) is 6.59. The smallest absolute Gasteiger partial charge is 0.115 e. The third-order valence-corrected chi connectivity index (χ3v) is 3.75. The van der Waals surface area contributed by atoms with Crippen LogP contribution in [-0.2, 0) is 0 Å². The molecule has 3 rings (SSSR count). The Kier molecular flexibility index (Phi) is 3.31. The quantitative estimate of drug-likeness (QED) is 0.656. The summed E-state index contributed by atoms with van der Waals surface area (Å²) in [7, 11) is 5.95. The molecule has 0 aliphatic carbocycles. The third-order valence-electron chi connectivity index (χ3n) is 3.48. The van der Waals surface area contributed by atoms with Gasteiger partial charge in [0.1, 0.15) is 7.85 Å². The van der Waals surface area contributed by atoms with Gasteiger partial charge in [-0.3, -0.25) is 0 Å². The fraction of sp³-hybridized carbons (Fsp3) is 0.188. The zero-order valence-corrected chi connectivity index (χ0v) is 12.2. The van der Waals surface area contributed by atoms with Crippen LogP contribution in [-0.4, -0.2) is 17.5 Å². The van der Waals surface area contributed by atoms with Gasteiger partial charge >= 0.3 is 0 Å². The molecule has 2 aromatic heterocycles. The topological polar surface area (TPSA) is 17.3 Å². The van der Waals surface area contributed by atoms with Gasteiger partial charge in [0.15, 0.2) is 0 Å². The van der Waals surface area contributed by atoms with Crippen molar-refractivity contribution in [2.24, 2.45) is 0 Å². The molecule has 2 heterocycles. The van der Waals surface area contributed by atoms with E-state index < -0.39 is 0 Å². The molecule has 3 aromatic rings. The second-order valence-electron chi connectivity index (χ2n) is 5.25. The molecule has 0 amide bonds. The first kappa shape index (κ1) is 13.3. The van der Waals surface area contributed by atoms with E-state index in [0.717, 1.165) is 16.6 Å². The van der Waals surface area contributed by atoms with Gasteiger partial charge in [-0.2, -0.15) is 5.10 Å². The van der Waals surface area contributed by atoms with E-state index in [4.69, 9.17) is 19.4 Å². The molecule has 0 saturated heterocycles. The van der Waals surface area contributed by atoms with Crippen molar-refractivity contribution >= 4 is 30.4 Å². The molecule has 0 spiro atoms. The van der Waals surface area contributed by atoms with E-state index in [-0.39, 0.29) is 0 Å². The molecule has 0 saturated carbocycles. The fourth-order valence-electron chi connectivity index (χ4n) is 2.37. The molecule has 0 N–H and O–H groups in total. The van der Waals surface area contributed by atoms with Crippen molar-refractivity contribution in [2.75, 3.05) is 0 Å². The summed E-state index contributed by atoms with van der Waals surface area (Å²) in [5.41, 5.74) is 4.96. The average molecular weight is 281 g/mol. The molecule has 0 atom stereocenters. The number of hydrogen-bond acceptors (Lipinski definition) is 1. The maximum absolute atomic E-state index is 6.24. The lowest BCUT2D eigenvalue weighted by molar-refractivity contribution is 0.867. The molecule has 0 bridgehead atoms. The molecule has 0 unspecified atom stereocenters. The summed E-state index contributed by atoms with van der Waals surface area (Å²) in [4.78, 5) is 0. The highest BCUT2D eigenvalue weighted by Gasteiger charge is 2.10.